The average molecular weight is 267 g/mol. The molecule has 2 atom stereocenters. The van der Waals surface area contributed by atoms with E-state index in [2.05, 4.69) is 30.7 Å². The normalized spacial score (nSPS) is 29.7. The van der Waals surface area contributed by atoms with E-state index in [1.807, 2.05) is 0 Å². The number of hydrogen-bond donors (Lipinski definition) is 1. The molecule has 2 aliphatic rings. The van der Waals surface area contributed by atoms with Crippen LogP contribution >= 0.6 is 0 Å². The maximum absolute atomic E-state index is 6.24. The van der Waals surface area contributed by atoms with Gasteiger partial charge in [0.1, 0.15) is 0 Å². The van der Waals surface area contributed by atoms with Crippen LogP contribution in [-0.2, 0) is 0 Å². The van der Waals surface area contributed by atoms with Crippen molar-refractivity contribution in [3.05, 3.63) is 0 Å². The maximum atomic E-state index is 6.24. The number of fused-ring (bicyclic) bond motifs is 2. The number of nitrogens with zero attached hydrogens (tertiary/aromatic N) is 2. The number of nitrogens with two attached hydrogens (primary N) is 1. The Morgan fingerprint density at radius 1 is 1.05 bits per heavy atom. The molecule has 19 heavy (non-hydrogen) atoms. The van der Waals surface area contributed by atoms with E-state index in [0.717, 1.165) is 18.6 Å². The summed E-state index contributed by atoms with van der Waals surface area (Å²) < 4.78 is 0. The Balaban J connectivity index is 2.13. The monoisotopic (exact) mass is 267 g/mol. The zero-order valence-electron chi connectivity index (χ0n) is 13.2. The molecule has 2 heterocycles. The van der Waals surface area contributed by atoms with E-state index < -0.39 is 0 Å². The fourth-order valence-corrected chi connectivity index (χ4v) is 4.44. The highest BCUT2D eigenvalue weighted by Crippen LogP contribution is 2.34. The third kappa shape index (κ3) is 2.98. The smallest absolute Gasteiger partial charge is 0.0332 e. The number of likely N-dealkylation sites (N-methyl/N-ethyl adjacent to an activating group) is 1. The van der Waals surface area contributed by atoms with Crippen molar-refractivity contribution in [2.24, 2.45) is 5.73 Å². The highest BCUT2D eigenvalue weighted by molar-refractivity contribution is 4.98. The molecule has 2 N–H and O–H groups in total. The van der Waals surface area contributed by atoms with Gasteiger partial charge in [-0.05, 0) is 39.2 Å². The van der Waals surface area contributed by atoms with Crippen molar-refractivity contribution in [3.63, 3.8) is 0 Å². The lowest BCUT2D eigenvalue weighted by Gasteiger charge is -2.44. The molecule has 0 amide bonds. The van der Waals surface area contributed by atoms with Crippen LogP contribution in [0.1, 0.15) is 58.8 Å². The third-order valence-corrected chi connectivity index (χ3v) is 5.63. The van der Waals surface area contributed by atoms with Gasteiger partial charge in [-0.15, -0.1) is 0 Å². The second-order valence-electron chi connectivity index (χ2n) is 6.71. The number of rotatable bonds is 6. The SMILES string of the molecule is CCCC(CN)(CCC)N1CCC2CCC(C1)N2C. The number of likely N-dealkylation sites (tertiary alicyclic amines) is 1. The molecular formula is C16H33N3. The van der Waals surface area contributed by atoms with Gasteiger partial charge in [0, 0.05) is 37.3 Å². The van der Waals surface area contributed by atoms with Crippen LogP contribution < -0.4 is 5.73 Å². The van der Waals surface area contributed by atoms with Crippen molar-refractivity contribution in [1.82, 2.24) is 9.80 Å². The van der Waals surface area contributed by atoms with Crippen LogP contribution in [0.2, 0.25) is 0 Å². The van der Waals surface area contributed by atoms with E-state index in [-0.39, 0.29) is 5.54 Å². The highest BCUT2D eigenvalue weighted by Gasteiger charge is 2.41. The summed E-state index contributed by atoms with van der Waals surface area (Å²) in [6.07, 6.45) is 9.15. The lowest BCUT2D eigenvalue weighted by atomic mass is 9.85. The number of hydrogen-bond acceptors (Lipinski definition) is 3. The third-order valence-electron chi connectivity index (χ3n) is 5.63. The van der Waals surface area contributed by atoms with E-state index in [0.29, 0.717) is 0 Å². The minimum absolute atomic E-state index is 0.273. The van der Waals surface area contributed by atoms with Crippen LogP contribution in [0.3, 0.4) is 0 Å². The summed E-state index contributed by atoms with van der Waals surface area (Å²) in [5.74, 6) is 0. The summed E-state index contributed by atoms with van der Waals surface area (Å²) in [5.41, 5.74) is 6.51. The Bertz CT molecular complexity index is 273. The Morgan fingerprint density at radius 2 is 1.68 bits per heavy atom. The van der Waals surface area contributed by atoms with Gasteiger partial charge in [-0.3, -0.25) is 9.80 Å². The van der Waals surface area contributed by atoms with Crippen LogP contribution in [-0.4, -0.2) is 54.1 Å². The first-order chi connectivity index (χ1) is 9.16. The van der Waals surface area contributed by atoms with Crippen molar-refractivity contribution in [2.45, 2.75) is 76.4 Å². The lowest BCUT2D eigenvalue weighted by molar-refractivity contribution is 0.0648. The quantitative estimate of drug-likeness (QED) is 0.802. The molecule has 0 aromatic heterocycles. The zero-order valence-corrected chi connectivity index (χ0v) is 13.2. The molecule has 0 aromatic carbocycles. The van der Waals surface area contributed by atoms with Crippen LogP contribution in [0.4, 0.5) is 0 Å². The first-order valence-electron chi connectivity index (χ1n) is 8.34. The van der Waals surface area contributed by atoms with E-state index >= 15 is 0 Å². The molecule has 0 saturated carbocycles. The molecule has 2 fully saturated rings. The Labute approximate surface area is 119 Å². The Kier molecular flexibility index (Phi) is 5.27. The summed E-state index contributed by atoms with van der Waals surface area (Å²) in [4.78, 5) is 5.40. The van der Waals surface area contributed by atoms with Gasteiger partial charge < -0.3 is 5.73 Å². The molecule has 2 aliphatic heterocycles. The molecule has 2 unspecified atom stereocenters. The first kappa shape index (κ1) is 15.3. The minimum Gasteiger partial charge on any atom is -0.329 e. The van der Waals surface area contributed by atoms with E-state index in [1.165, 1.54) is 58.0 Å². The highest BCUT2D eigenvalue weighted by atomic mass is 15.3. The van der Waals surface area contributed by atoms with Crippen molar-refractivity contribution >= 4 is 0 Å². The topological polar surface area (TPSA) is 32.5 Å². The average Bonchev–Trinajstić information content (AvgIpc) is 2.63. The van der Waals surface area contributed by atoms with E-state index in [4.69, 9.17) is 5.73 Å². The predicted molar refractivity (Wildman–Crippen MR) is 82.4 cm³/mol. The maximum Gasteiger partial charge on any atom is 0.0332 e. The predicted octanol–water partition coefficient (Wildman–Crippen LogP) is 2.45. The van der Waals surface area contributed by atoms with Crippen molar-refractivity contribution < 1.29 is 0 Å². The van der Waals surface area contributed by atoms with Gasteiger partial charge in [-0.1, -0.05) is 26.7 Å². The molecule has 3 heteroatoms. The van der Waals surface area contributed by atoms with Gasteiger partial charge >= 0.3 is 0 Å². The fourth-order valence-electron chi connectivity index (χ4n) is 4.44. The van der Waals surface area contributed by atoms with Crippen LogP contribution in [0.15, 0.2) is 0 Å². The summed E-state index contributed by atoms with van der Waals surface area (Å²) in [5, 5.41) is 0. The zero-order chi connectivity index (χ0) is 13.9. The van der Waals surface area contributed by atoms with Crippen molar-refractivity contribution in [3.8, 4) is 0 Å². The molecule has 0 spiro atoms. The van der Waals surface area contributed by atoms with E-state index in [1.54, 1.807) is 0 Å². The molecular weight excluding hydrogens is 234 g/mol. The Morgan fingerprint density at radius 3 is 2.26 bits per heavy atom. The van der Waals surface area contributed by atoms with E-state index in [9.17, 15) is 0 Å². The van der Waals surface area contributed by atoms with Gasteiger partial charge in [-0.2, -0.15) is 0 Å². The largest absolute Gasteiger partial charge is 0.329 e. The molecule has 2 saturated heterocycles. The summed E-state index contributed by atoms with van der Waals surface area (Å²) in [7, 11) is 2.33. The second kappa shape index (κ2) is 6.55. The van der Waals surface area contributed by atoms with Crippen LogP contribution in [0.25, 0.3) is 0 Å². The second-order valence-corrected chi connectivity index (χ2v) is 6.71. The minimum atomic E-state index is 0.273. The summed E-state index contributed by atoms with van der Waals surface area (Å²) >= 11 is 0. The standard InChI is InChI=1S/C16H33N3/c1-4-9-16(13-17,10-5-2)19-11-8-14-6-7-15(12-19)18(14)3/h14-15H,4-13,17H2,1-3H3. The summed E-state index contributed by atoms with van der Waals surface area (Å²) in [6.45, 7) is 7.93. The molecule has 3 nitrogen and oxygen atoms in total. The van der Waals surface area contributed by atoms with Gasteiger partial charge in [-0.25, -0.2) is 0 Å². The molecule has 2 rings (SSSR count). The lowest BCUT2D eigenvalue weighted by Crippen LogP contribution is -2.56. The van der Waals surface area contributed by atoms with Crippen LogP contribution in [0, 0.1) is 0 Å². The fraction of sp³-hybridized carbons (Fsp3) is 1.00. The van der Waals surface area contributed by atoms with Crippen molar-refractivity contribution in [1.29, 1.82) is 0 Å². The van der Waals surface area contributed by atoms with Gasteiger partial charge in [0.25, 0.3) is 0 Å². The van der Waals surface area contributed by atoms with Gasteiger partial charge in [0.05, 0.1) is 0 Å². The Hall–Kier alpha value is -0.120. The van der Waals surface area contributed by atoms with Crippen molar-refractivity contribution in [2.75, 3.05) is 26.7 Å². The molecule has 112 valence electrons. The van der Waals surface area contributed by atoms with Crippen LogP contribution in [0.5, 0.6) is 0 Å². The summed E-state index contributed by atoms with van der Waals surface area (Å²) in [6, 6.07) is 1.60. The van der Waals surface area contributed by atoms with Gasteiger partial charge in [0.15, 0.2) is 0 Å². The molecule has 0 aliphatic carbocycles. The molecule has 0 radical (unpaired) electrons. The first-order valence-corrected chi connectivity index (χ1v) is 8.34. The molecule has 2 bridgehead atoms. The van der Waals surface area contributed by atoms with Gasteiger partial charge in [0.2, 0.25) is 0 Å². The molecule has 0 aromatic rings.